The van der Waals surface area contributed by atoms with E-state index in [2.05, 4.69) is 64.5 Å². The molecule has 2 heteroatoms. The minimum atomic E-state index is -0.0528. The van der Waals surface area contributed by atoms with Crippen LogP contribution >= 0.6 is 15.9 Å². The van der Waals surface area contributed by atoms with Crippen molar-refractivity contribution in [1.29, 1.82) is 0 Å². The molecular formula is C27H21BrO. The molecule has 0 aromatic heterocycles. The topological polar surface area (TPSA) is 17.1 Å². The normalized spacial score (nSPS) is 16.9. The quantitative estimate of drug-likeness (QED) is 0.519. The summed E-state index contributed by atoms with van der Waals surface area (Å²) in [6.07, 6.45) is 11.0. The first-order valence-electron chi connectivity index (χ1n) is 10.1. The van der Waals surface area contributed by atoms with Crippen molar-refractivity contribution in [1.82, 2.24) is 0 Å². The summed E-state index contributed by atoms with van der Waals surface area (Å²) in [7, 11) is 0. The lowest BCUT2D eigenvalue weighted by atomic mass is 9.83. The summed E-state index contributed by atoms with van der Waals surface area (Å²) in [4.78, 5) is 12.9. The Morgan fingerprint density at radius 3 is 2.72 bits per heavy atom. The molecule has 5 rings (SSSR count). The number of hydrogen-bond donors (Lipinski definition) is 0. The second-order valence-corrected chi connectivity index (χ2v) is 8.68. The summed E-state index contributed by atoms with van der Waals surface area (Å²) in [6.45, 7) is 0. The predicted octanol–water partition coefficient (Wildman–Crippen LogP) is 5.08. The Hall–Kier alpha value is -2.71. The summed E-state index contributed by atoms with van der Waals surface area (Å²) in [5.41, 5.74) is 6.38. The molecule has 0 N–H and O–H groups in total. The molecule has 0 radical (unpaired) electrons. The largest absolute Gasteiger partial charge is 0.294 e. The molecule has 1 unspecified atom stereocenters. The number of carbonyl (C=O) groups is 1. The summed E-state index contributed by atoms with van der Waals surface area (Å²) >= 11 is 3.48. The molecule has 0 fully saturated rings. The minimum absolute atomic E-state index is 0.0528. The van der Waals surface area contributed by atoms with Gasteiger partial charge in [0.2, 0.25) is 0 Å². The molecule has 3 aromatic rings. The average molecular weight is 441 g/mol. The Morgan fingerprint density at radius 2 is 1.83 bits per heavy atom. The van der Waals surface area contributed by atoms with Crippen LogP contribution in [0.15, 0.2) is 71.2 Å². The molecule has 0 saturated carbocycles. The van der Waals surface area contributed by atoms with Crippen molar-refractivity contribution in [3.05, 3.63) is 98.3 Å². The lowest BCUT2D eigenvalue weighted by molar-refractivity contribution is -0.116. The Kier molecular flexibility index (Phi) is 4.81. The highest BCUT2D eigenvalue weighted by Gasteiger charge is 2.20. The number of ketones is 1. The molecule has 29 heavy (non-hydrogen) atoms. The van der Waals surface area contributed by atoms with Gasteiger partial charge in [-0.2, -0.15) is 0 Å². The highest BCUT2D eigenvalue weighted by Crippen LogP contribution is 2.25. The summed E-state index contributed by atoms with van der Waals surface area (Å²) < 4.78 is 1.02. The molecule has 0 bridgehead atoms. The fraction of sp³-hybridized carbons (Fsp3) is 0.148. The SMILES string of the molecule is O=C(C=Cc1cccc(Br)c1)C1C=c2c(ccc3c2=CCc2ccccc2-3)CC1. The van der Waals surface area contributed by atoms with Gasteiger partial charge in [-0.05, 0) is 75.7 Å². The molecule has 142 valence electrons. The van der Waals surface area contributed by atoms with Crippen LogP contribution in [-0.4, -0.2) is 5.78 Å². The second kappa shape index (κ2) is 7.61. The molecule has 1 atom stereocenters. The minimum Gasteiger partial charge on any atom is -0.294 e. The van der Waals surface area contributed by atoms with Gasteiger partial charge in [0.25, 0.3) is 0 Å². The van der Waals surface area contributed by atoms with Gasteiger partial charge in [-0.25, -0.2) is 0 Å². The number of aryl methyl sites for hydroxylation is 1. The molecule has 0 amide bonds. The third kappa shape index (κ3) is 3.54. The number of halogens is 1. The van der Waals surface area contributed by atoms with Crippen LogP contribution in [0.3, 0.4) is 0 Å². The first kappa shape index (κ1) is 18.3. The van der Waals surface area contributed by atoms with Crippen LogP contribution in [0.2, 0.25) is 0 Å². The van der Waals surface area contributed by atoms with Gasteiger partial charge in [-0.1, -0.05) is 82.7 Å². The van der Waals surface area contributed by atoms with Crippen molar-refractivity contribution in [2.45, 2.75) is 19.3 Å². The number of benzene rings is 3. The fourth-order valence-corrected chi connectivity index (χ4v) is 4.87. The first-order chi connectivity index (χ1) is 14.2. The van der Waals surface area contributed by atoms with Crippen molar-refractivity contribution < 1.29 is 4.79 Å². The third-order valence-corrected chi connectivity index (χ3v) is 6.45. The number of hydrogen-bond acceptors (Lipinski definition) is 1. The van der Waals surface area contributed by atoms with E-state index in [1.165, 1.54) is 32.7 Å². The van der Waals surface area contributed by atoms with Gasteiger partial charge >= 0.3 is 0 Å². The maximum absolute atomic E-state index is 12.9. The Labute approximate surface area is 179 Å². The van der Waals surface area contributed by atoms with Crippen LogP contribution in [0.5, 0.6) is 0 Å². The van der Waals surface area contributed by atoms with Crippen molar-refractivity contribution in [2.75, 3.05) is 0 Å². The van der Waals surface area contributed by atoms with Gasteiger partial charge < -0.3 is 0 Å². The molecule has 0 spiro atoms. The molecule has 0 saturated heterocycles. The molecular weight excluding hydrogens is 420 g/mol. The van der Waals surface area contributed by atoms with Gasteiger partial charge in [0.15, 0.2) is 5.78 Å². The maximum Gasteiger partial charge on any atom is 0.162 e. The monoisotopic (exact) mass is 440 g/mol. The Balaban J connectivity index is 1.51. The zero-order valence-electron chi connectivity index (χ0n) is 16.1. The van der Waals surface area contributed by atoms with Gasteiger partial charge in [0.1, 0.15) is 0 Å². The van der Waals surface area contributed by atoms with Crippen LogP contribution in [0.25, 0.3) is 29.4 Å². The van der Waals surface area contributed by atoms with E-state index in [9.17, 15) is 4.79 Å². The van der Waals surface area contributed by atoms with E-state index < -0.39 is 0 Å². The van der Waals surface area contributed by atoms with E-state index in [-0.39, 0.29) is 11.7 Å². The van der Waals surface area contributed by atoms with Crippen LogP contribution < -0.4 is 10.4 Å². The van der Waals surface area contributed by atoms with Crippen LogP contribution in [0, 0.1) is 5.92 Å². The zero-order valence-corrected chi connectivity index (χ0v) is 17.7. The van der Waals surface area contributed by atoms with E-state index in [0.717, 1.165) is 29.3 Å². The van der Waals surface area contributed by atoms with E-state index >= 15 is 0 Å². The maximum atomic E-state index is 12.9. The van der Waals surface area contributed by atoms with Gasteiger partial charge in [-0.15, -0.1) is 0 Å². The highest BCUT2D eigenvalue weighted by atomic mass is 79.9. The lowest BCUT2D eigenvalue weighted by Crippen LogP contribution is -2.36. The van der Waals surface area contributed by atoms with Gasteiger partial charge in [0.05, 0.1) is 0 Å². The number of rotatable bonds is 3. The smallest absolute Gasteiger partial charge is 0.162 e. The lowest BCUT2D eigenvalue weighted by Gasteiger charge is -2.20. The van der Waals surface area contributed by atoms with Gasteiger partial charge in [0, 0.05) is 10.4 Å². The van der Waals surface area contributed by atoms with E-state index in [0.29, 0.717) is 0 Å². The standard InChI is InChI=1S/C27H21BrO/c28-22-6-3-4-18(16-22)8-15-27(29)21-10-9-20-12-13-24-23-7-2-1-5-19(23)11-14-25(24)26(20)17-21/h1-8,12-17,21H,9-11H2. The first-order valence-corrected chi connectivity index (χ1v) is 10.9. The number of allylic oxidation sites excluding steroid dienone is 1. The number of carbonyl (C=O) groups excluding carboxylic acids is 1. The molecule has 2 aliphatic carbocycles. The molecule has 2 aliphatic rings. The number of fused-ring (bicyclic) bond motifs is 5. The van der Waals surface area contributed by atoms with Crippen molar-refractivity contribution in [3.8, 4) is 11.1 Å². The Bertz CT molecular complexity index is 1270. The van der Waals surface area contributed by atoms with E-state index in [1.54, 1.807) is 6.08 Å². The predicted molar refractivity (Wildman–Crippen MR) is 124 cm³/mol. The molecule has 0 heterocycles. The van der Waals surface area contributed by atoms with Crippen molar-refractivity contribution in [3.63, 3.8) is 0 Å². The van der Waals surface area contributed by atoms with Crippen LogP contribution in [-0.2, 0) is 17.6 Å². The van der Waals surface area contributed by atoms with E-state index in [4.69, 9.17) is 0 Å². The van der Waals surface area contributed by atoms with Crippen LogP contribution in [0.4, 0.5) is 0 Å². The molecule has 1 nitrogen and oxygen atoms in total. The fourth-order valence-electron chi connectivity index (χ4n) is 4.46. The summed E-state index contributed by atoms with van der Waals surface area (Å²) in [6, 6.07) is 21.1. The average Bonchev–Trinajstić information content (AvgIpc) is 2.76. The third-order valence-electron chi connectivity index (χ3n) is 5.96. The summed E-state index contributed by atoms with van der Waals surface area (Å²) in [5.74, 6) is 0.132. The zero-order chi connectivity index (χ0) is 19.8. The second-order valence-electron chi connectivity index (χ2n) is 7.77. The summed E-state index contributed by atoms with van der Waals surface area (Å²) in [5, 5.41) is 2.56. The highest BCUT2D eigenvalue weighted by molar-refractivity contribution is 9.10. The van der Waals surface area contributed by atoms with E-state index in [1.807, 2.05) is 30.3 Å². The Morgan fingerprint density at radius 1 is 0.931 bits per heavy atom. The van der Waals surface area contributed by atoms with Crippen molar-refractivity contribution in [2.24, 2.45) is 5.92 Å². The van der Waals surface area contributed by atoms with Crippen LogP contribution in [0.1, 0.15) is 23.1 Å². The molecule has 0 aliphatic heterocycles. The molecule has 3 aromatic carbocycles. The van der Waals surface area contributed by atoms with Crippen molar-refractivity contribution >= 4 is 39.9 Å². The van der Waals surface area contributed by atoms with Gasteiger partial charge in [-0.3, -0.25) is 4.79 Å².